The van der Waals surface area contributed by atoms with Gasteiger partial charge in [0.1, 0.15) is 11.3 Å². The summed E-state index contributed by atoms with van der Waals surface area (Å²) in [6, 6.07) is 12.0. The van der Waals surface area contributed by atoms with Gasteiger partial charge in [-0.15, -0.1) is 13.2 Å². The van der Waals surface area contributed by atoms with E-state index in [1.165, 1.54) is 16.8 Å². The molecule has 1 aliphatic rings. The van der Waals surface area contributed by atoms with Crippen molar-refractivity contribution >= 4 is 17.1 Å². The van der Waals surface area contributed by atoms with Crippen molar-refractivity contribution in [3.63, 3.8) is 0 Å². The average Bonchev–Trinajstić information content (AvgIpc) is 3.46. The van der Waals surface area contributed by atoms with Crippen molar-refractivity contribution in [3.8, 4) is 16.9 Å². The molecule has 0 amide bonds. The molecule has 36 heavy (non-hydrogen) atoms. The number of hydrogen-bond donors (Lipinski definition) is 3. The fourth-order valence-electron chi connectivity index (χ4n) is 4.46. The van der Waals surface area contributed by atoms with E-state index >= 15 is 0 Å². The molecule has 0 bridgehead atoms. The predicted molar refractivity (Wildman–Crippen MR) is 130 cm³/mol. The molecule has 3 N–H and O–H groups in total. The molecule has 0 unspecified atom stereocenters. The molecule has 1 fully saturated rings. The Balaban J connectivity index is 1.51. The summed E-state index contributed by atoms with van der Waals surface area (Å²) in [4.78, 5) is 24.2. The zero-order valence-electron chi connectivity index (χ0n) is 19.5. The summed E-state index contributed by atoms with van der Waals surface area (Å²) in [6.45, 7) is 4.30. The first kappa shape index (κ1) is 23.9. The van der Waals surface area contributed by atoms with E-state index in [4.69, 9.17) is 0 Å². The van der Waals surface area contributed by atoms with Crippen molar-refractivity contribution in [1.82, 2.24) is 24.8 Å². The van der Waals surface area contributed by atoms with Gasteiger partial charge in [0.2, 0.25) is 5.95 Å². The molecule has 0 spiro atoms. The Morgan fingerprint density at radius 3 is 2.81 bits per heavy atom. The van der Waals surface area contributed by atoms with E-state index < -0.39 is 12.1 Å². The Morgan fingerprint density at radius 1 is 1.22 bits per heavy atom. The number of aromatic nitrogens is 4. The summed E-state index contributed by atoms with van der Waals surface area (Å²) < 4.78 is 45.1. The Bertz CT molecular complexity index is 1440. The third kappa shape index (κ3) is 5.20. The van der Waals surface area contributed by atoms with Crippen molar-refractivity contribution in [2.75, 3.05) is 25.0 Å². The van der Waals surface area contributed by atoms with Crippen LogP contribution in [0.4, 0.5) is 19.1 Å². The van der Waals surface area contributed by atoms with Crippen molar-refractivity contribution < 1.29 is 17.9 Å². The maximum atomic E-state index is 13.2. The highest BCUT2D eigenvalue weighted by atomic mass is 19.4. The van der Waals surface area contributed by atoms with Gasteiger partial charge < -0.3 is 20.4 Å². The number of H-pyrrole nitrogens is 1. The first-order valence-electron chi connectivity index (χ1n) is 11.6. The van der Waals surface area contributed by atoms with Gasteiger partial charge in [0.05, 0.1) is 12.7 Å². The van der Waals surface area contributed by atoms with Crippen LogP contribution in [-0.2, 0) is 6.54 Å². The lowest BCUT2D eigenvalue weighted by atomic mass is 9.98. The van der Waals surface area contributed by atoms with Gasteiger partial charge >= 0.3 is 12.1 Å². The first-order valence-corrected chi connectivity index (χ1v) is 11.6. The second kappa shape index (κ2) is 9.65. The van der Waals surface area contributed by atoms with Gasteiger partial charge in [-0.25, -0.2) is 9.78 Å². The monoisotopic (exact) mass is 498 g/mol. The third-order valence-electron chi connectivity index (χ3n) is 6.29. The van der Waals surface area contributed by atoms with E-state index in [1.807, 2.05) is 31.2 Å². The highest BCUT2D eigenvalue weighted by Gasteiger charge is 2.32. The summed E-state index contributed by atoms with van der Waals surface area (Å²) in [7, 11) is 0. The Morgan fingerprint density at radius 2 is 2.06 bits per heavy atom. The van der Waals surface area contributed by atoms with Crippen LogP contribution >= 0.6 is 0 Å². The van der Waals surface area contributed by atoms with Gasteiger partial charge in [-0.3, -0.25) is 4.57 Å². The van der Waals surface area contributed by atoms with Crippen LogP contribution in [0, 0.1) is 12.8 Å². The van der Waals surface area contributed by atoms with Crippen LogP contribution in [0.5, 0.6) is 5.75 Å². The number of hydrogen-bond acceptors (Lipinski definition) is 6. The highest BCUT2D eigenvalue weighted by molar-refractivity contribution is 5.72. The highest BCUT2D eigenvalue weighted by Crippen LogP contribution is 2.32. The molecule has 2 aromatic heterocycles. The Kier molecular flexibility index (Phi) is 6.40. The number of imidazole rings is 1. The summed E-state index contributed by atoms with van der Waals surface area (Å²) >= 11 is 0. The zero-order valence-corrected chi connectivity index (χ0v) is 19.5. The van der Waals surface area contributed by atoms with Crippen LogP contribution in [0.3, 0.4) is 0 Å². The van der Waals surface area contributed by atoms with E-state index in [-0.39, 0.29) is 17.9 Å². The first-order chi connectivity index (χ1) is 17.3. The number of fused-ring (bicyclic) bond motifs is 1. The maximum Gasteiger partial charge on any atom is 0.573 e. The molecule has 1 atom stereocenters. The molecular formula is C25H25F3N6O2. The van der Waals surface area contributed by atoms with Crippen LogP contribution < -0.4 is 21.1 Å². The number of aryl methyl sites for hydroxylation is 1. The number of ether oxygens (including phenoxy) is 1. The molecule has 4 aromatic rings. The quantitative estimate of drug-likeness (QED) is 0.356. The maximum absolute atomic E-state index is 13.2. The lowest BCUT2D eigenvalue weighted by Crippen LogP contribution is -2.21. The van der Waals surface area contributed by atoms with Gasteiger partial charge in [0.15, 0.2) is 5.65 Å². The molecule has 188 valence electrons. The number of nitrogens with zero attached hydrogens (tertiary/aromatic N) is 3. The molecule has 11 heteroatoms. The second-order valence-electron chi connectivity index (χ2n) is 8.87. The lowest BCUT2D eigenvalue weighted by molar-refractivity contribution is -0.274. The molecule has 1 aliphatic heterocycles. The number of halogens is 3. The van der Waals surface area contributed by atoms with Crippen molar-refractivity contribution in [3.05, 3.63) is 70.3 Å². The second-order valence-corrected chi connectivity index (χ2v) is 8.87. The summed E-state index contributed by atoms with van der Waals surface area (Å²) in [6.07, 6.45) is -2.34. The molecule has 2 aromatic carbocycles. The molecule has 5 rings (SSSR count). The van der Waals surface area contributed by atoms with E-state index in [0.717, 1.165) is 30.6 Å². The Labute approximate surface area is 204 Å². The van der Waals surface area contributed by atoms with Gasteiger partial charge in [-0.1, -0.05) is 30.3 Å². The number of aromatic amines is 1. The summed E-state index contributed by atoms with van der Waals surface area (Å²) in [5.41, 5.74) is 2.93. The number of benzene rings is 2. The van der Waals surface area contributed by atoms with E-state index in [9.17, 15) is 18.0 Å². The molecule has 8 nitrogen and oxygen atoms in total. The molecule has 1 saturated heterocycles. The van der Waals surface area contributed by atoms with E-state index in [1.54, 1.807) is 12.1 Å². The van der Waals surface area contributed by atoms with Crippen LogP contribution in [-0.4, -0.2) is 45.5 Å². The van der Waals surface area contributed by atoms with Crippen LogP contribution in [0.2, 0.25) is 0 Å². The fraction of sp³-hybridized carbons (Fsp3) is 0.320. The topological polar surface area (TPSA) is 96.9 Å². The van der Waals surface area contributed by atoms with Gasteiger partial charge in [-0.05, 0) is 61.2 Å². The number of alkyl halides is 3. The zero-order chi connectivity index (χ0) is 25.3. The molecule has 0 radical (unpaired) electrons. The molecular weight excluding hydrogens is 473 g/mol. The van der Waals surface area contributed by atoms with Crippen molar-refractivity contribution in [2.45, 2.75) is 26.3 Å². The molecule has 0 saturated carbocycles. The molecule has 0 aliphatic carbocycles. The van der Waals surface area contributed by atoms with E-state index in [0.29, 0.717) is 35.1 Å². The van der Waals surface area contributed by atoms with Crippen LogP contribution in [0.25, 0.3) is 22.3 Å². The standard InChI is InChI=1S/C25H25F3N6O2/c1-15-4-2-3-5-19(15)17-6-7-21(36-25(26,27)28)18(10-17)14-34-22-20(32-24(34)35)13-31-23(33-22)30-12-16-8-9-29-11-16/h2-7,10,13,16,29H,8-9,11-12,14H2,1H3,(H,32,35)(H,30,31,33)/t16-/m1/s1. The predicted octanol–water partition coefficient (Wildman–Crippen LogP) is 4.06. The minimum absolute atomic E-state index is 0.174. The Hall–Kier alpha value is -3.86. The molecule has 3 heterocycles. The smallest absolute Gasteiger partial charge is 0.405 e. The van der Waals surface area contributed by atoms with Gasteiger partial charge in [0.25, 0.3) is 0 Å². The third-order valence-corrected chi connectivity index (χ3v) is 6.29. The van der Waals surface area contributed by atoms with Gasteiger partial charge in [0, 0.05) is 12.1 Å². The van der Waals surface area contributed by atoms with Crippen molar-refractivity contribution in [1.29, 1.82) is 0 Å². The number of rotatable bonds is 7. The number of anilines is 1. The van der Waals surface area contributed by atoms with Crippen LogP contribution in [0.15, 0.2) is 53.5 Å². The fourth-order valence-corrected chi connectivity index (χ4v) is 4.46. The normalized spacial score (nSPS) is 15.9. The largest absolute Gasteiger partial charge is 0.573 e. The SMILES string of the molecule is Cc1ccccc1-c1ccc(OC(F)(F)F)c(Cn2c(=O)[nH]c3cnc(NC[C@@H]4CCNC4)nc32)c1. The lowest BCUT2D eigenvalue weighted by Gasteiger charge is -2.16. The summed E-state index contributed by atoms with van der Waals surface area (Å²) in [5, 5.41) is 6.49. The summed E-state index contributed by atoms with van der Waals surface area (Å²) in [5.74, 6) is 0.425. The van der Waals surface area contributed by atoms with Crippen LogP contribution in [0.1, 0.15) is 17.5 Å². The number of nitrogens with one attached hydrogen (secondary N) is 3. The van der Waals surface area contributed by atoms with E-state index in [2.05, 4.69) is 30.3 Å². The van der Waals surface area contributed by atoms with Gasteiger partial charge in [-0.2, -0.15) is 4.98 Å². The average molecular weight is 499 g/mol. The minimum atomic E-state index is -4.88. The van der Waals surface area contributed by atoms with Crippen molar-refractivity contribution in [2.24, 2.45) is 5.92 Å². The minimum Gasteiger partial charge on any atom is -0.405 e.